The van der Waals surface area contributed by atoms with E-state index in [-0.39, 0.29) is 0 Å². The van der Waals surface area contributed by atoms with Crippen molar-refractivity contribution in [3.8, 4) is 17.6 Å². The van der Waals surface area contributed by atoms with E-state index in [9.17, 15) is 9.59 Å². The average Bonchev–Trinajstić information content (AvgIpc) is 2.70. The molecule has 2 aromatic rings. The van der Waals surface area contributed by atoms with Gasteiger partial charge >= 0.3 is 0 Å². The molecule has 0 radical (unpaired) electrons. The summed E-state index contributed by atoms with van der Waals surface area (Å²) >= 11 is 0. The Kier molecular flexibility index (Phi) is 6.94. The van der Waals surface area contributed by atoms with E-state index in [2.05, 4.69) is 17.2 Å². The summed E-state index contributed by atoms with van der Waals surface area (Å²) in [5, 5.41) is 11.2. The van der Waals surface area contributed by atoms with E-state index in [4.69, 9.17) is 15.7 Å². The number of carbonyl (C=O) groups excluding carboxylic acids is 2. The summed E-state index contributed by atoms with van der Waals surface area (Å²) in [6.45, 7) is 1.55. The first-order valence-corrected chi connectivity index (χ1v) is 8.21. The first kappa shape index (κ1) is 20.0. The molecule has 27 heavy (non-hydrogen) atoms. The van der Waals surface area contributed by atoms with E-state index in [0.29, 0.717) is 5.56 Å². The van der Waals surface area contributed by atoms with Gasteiger partial charge in [0.1, 0.15) is 11.8 Å². The molecule has 0 aliphatic rings. The van der Waals surface area contributed by atoms with Gasteiger partial charge in [-0.3, -0.25) is 14.8 Å². The summed E-state index contributed by atoms with van der Waals surface area (Å²) in [4.78, 5) is 23.8. The maximum atomic E-state index is 12.3. The summed E-state index contributed by atoms with van der Waals surface area (Å²) in [5.74, 6) is 5.54. The fourth-order valence-corrected chi connectivity index (χ4v) is 2.25. The van der Waals surface area contributed by atoms with E-state index >= 15 is 0 Å². The minimum absolute atomic E-state index is 0.349. The third-order valence-electron chi connectivity index (χ3n) is 3.79. The van der Waals surface area contributed by atoms with Crippen LogP contribution >= 0.6 is 0 Å². The van der Waals surface area contributed by atoms with E-state index < -0.39 is 23.9 Å². The molecule has 0 heterocycles. The van der Waals surface area contributed by atoms with Gasteiger partial charge < -0.3 is 15.8 Å². The Morgan fingerprint density at radius 1 is 1.04 bits per heavy atom. The van der Waals surface area contributed by atoms with Gasteiger partial charge in [0.05, 0.1) is 7.11 Å². The number of hydroxylamine groups is 1. The summed E-state index contributed by atoms with van der Waals surface area (Å²) in [7, 11) is 1.60. The monoisotopic (exact) mass is 367 g/mol. The standard InChI is InChI=1S/C20H21N3O4/c1-13(21)18(20(25)23-26)22-19(24)16-9-5-14(6-10-16)3-4-15-7-11-17(27-2)12-8-15/h5-13,18,26H,21H2,1-2H3,(H,22,24)(H,23,25)/t13-,18+/m1/s1. The Bertz CT molecular complexity index is 850. The van der Waals surface area contributed by atoms with Crippen molar-refractivity contribution in [2.24, 2.45) is 5.73 Å². The lowest BCUT2D eigenvalue weighted by atomic mass is 10.1. The highest BCUT2D eigenvalue weighted by Gasteiger charge is 2.24. The van der Waals surface area contributed by atoms with Gasteiger partial charge in [0.2, 0.25) is 0 Å². The molecule has 5 N–H and O–H groups in total. The number of hydrogen-bond acceptors (Lipinski definition) is 5. The highest BCUT2D eigenvalue weighted by molar-refractivity contribution is 5.97. The highest BCUT2D eigenvalue weighted by atomic mass is 16.5. The number of nitrogens with two attached hydrogens (primary N) is 1. The second-order valence-electron chi connectivity index (χ2n) is 5.84. The minimum Gasteiger partial charge on any atom is -0.497 e. The van der Waals surface area contributed by atoms with Crippen LogP contribution in [0, 0.1) is 11.8 Å². The molecule has 0 saturated carbocycles. The van der Waals surface area contributed by atoms with Crippen molar-refractivity contribution in [3.05, 3.63) is 65.2 Å². The fourth-order valence-electron chi connectivity index (χ4n) is 2.25. The number of carbonyl (C=O) groups is 2. The third-order valence-corrected chi connectivity index (χ3v) is 3.79. The number of rotatable bonds is 5. The van der Waals surface area contributed by atoms with Crippen LogP contribution in [0.1, 0.15) is 28.4 Å². The average molecular weight is 367 g/mol. The predicted octanol–water partition coefficient (Wildman–Crippen LogP) is 1.05. The Morgan fingerprint density at radius 3 is 2.00 bits per heavy atom. The molecule has 0 fully saturated rings. The first-order valence-electron chi connectivity index (χ1n) is 8.21. The molecule has 7 heteroatoms. The lowest BCUT2D eigenvalue weighted by molar-refractivity contribution is -0.131. The summed E-state index contributed by atoms with van der Waals surface area (Å²) in [6, 6.07) is 12.3. The van der Waals surface area contributed by atoms with Crippen LogP contribution in [0.2, 0.25) is 0 Å². The van der Waals surface area contributed by atoms with Crippen molar-refractivity contribution in [2.45, 2.75) is 19.0 Å². The van der Waals surface area contributed by atoms with Crippen LogP contribution in [0.4, 0.5) is 0 Å². The SMILES string of the molecule is COc1ccc(C#Cc2ccc(C(=O)N[C@H](C(=O)NO)[C@@H](C)N)cc2)cc1. The Morgan fingerprint density at radius 2 is 1.56 bits per heavy atom. The van der Waals surface area contributed by atoms with Crippen LogP contribution in [0.25, 0.3) is 0 Å². The second kappa shape index (κ2) is 9.38. The maximum Gasteiger partial charge on any atom is 0.267 e. The maximum absolute atomic E-state index is 12.3. The van der Waals surface area contributed by atoms with Crippen LogP contribution in [-0.4, -0.2) is 36.2 Å². The number of amides is 2. The van der Waals surface area contributed by atoms with Crippen molar-refractivity contribution in [1.82, 2.24) is 10.8 Å². The molecule has 7 nitrogen and oxygen atoms in total. The molecule has 0 aliphatic heterocycles. The van der Waals surface area contributed by atoms with Crippen LogP contribution in [0.3, 0.4) is 0 Å². The normalized spacial score (nSPS) is 12.1. The zero-order chi connectivity index (χ0) is 19.8. The molecule has 2 rings (SSSR count). The molecule has 0 bridgehead atoms. The summed E-state index contributed by atoms with van der Waals surface area (Å²) in [5.41, 5.74) is 9.08. The van der Waals surface area contributed by atoms with E-state index in [1.807, 2.05) is 24.3 Å². The molecule has 0 aromatic heterocycles. The van der Waals surface area contributed by atoms with Gasteiger partial charge in [-0.2, -0.15) is 0 Å². The number of methoxy groups -OCH3 is 1. The molecule has 0 saturated heterocycles. The van der Waals surface area contributed by atoms with Gasteiger partial charge in [-0.25, -0.2) is 5.48 Å². The van der Waals surface area contributed by atoms with Crippen LogP contribution < -0.4 is 21.3 Å². The molecule has 2 atom stereocenters. The topological polar surface area (TPSA) is 114 Å². The Balaban J connectivity index is 2.07. The van der Waals surface area contributed by atoms with Gasteiger partial charge in [-0.1, -0.05) is 11.8 Å². The van der Waals surface area contributed by atoms with Crippen molar-refractivity contribution in [2.75, 3.05) is 7.11 Å². The molecule has 2 aromatic carbocycles. The first-order chi connectivity index (χ1) is 12.9. The van der Waals surface area contributed by atoms with Crippen molar-refractivity contribution in [1.29, 1.82) is 0 Å². The molecule has 0 unspecified atom stereocenters. The summed E-state index contributed by atoms with van der Waals surface area (Å²) < 4.78 is 5.10. The second-order valence-corrected chi connectivity index (χ2v) is 5.84. The number of nitrogens with one attached hydrogen (secondary N) is 2. The smallest absolute Gasteiger partial charge is 0.267 e. The quantitative estimate of drug-likeness (QED) is 0.358. The van der Waals surface area contributed by atoms with Gasteiger partial charge in [-0.05, 0) is 55.5 Å². The van der Waals surface area contributed by atoms with E-state index in [1.165, 1.54) is 5.48 Å². The number of hydrogen-bond donors (Lipinski definition) is 4. The lowest BCUT2D eigenvalue weighted by Gasteiger charge is -2.20. The van der Waals surface area contributed by atoms with Crippen LogP contribution in [-0.2, 0) is 4.79 Å². The number of ether oxygens (including phenoxy) is 1. The van der Waals surface area contributed by atoms with Crippen LogP contribution in [0.15, 0.2) is 48.5 Å². The lowest BCUT2D eigenvalue weighted by Crippen LogP contribution is -2.54. The van der Waals surface area contributed by atoms with Gasteiger partial charge in [0, 0.05) is 22.7 Å². The molecule has 140 valence electrons. The van der Waals surface area contributed by atoms with Gasteiger partial charge in [0.25, 0.3) is 11.8 Å². The molecule has 2 amide bonds. The van der Waals surface area contributed by atoms with Gasteiger partial charge in [0.15, 0.2) is 0 Å². The van der Waals surface area contributed by atoms with Crippen LogP contribution in [0.5, 0.6) is 5.75 Å². The Hall–Kier alpha value is -3.34. The molecular formula is C20H21N3O4. The molecule has 0 spiro atoms. The molecule has 0 aliphatic carbocycles. The highest BCUT2D eigenvalue weighted by Crippen LogP contribution is 2.11. The zero-order valence-corrected chi connectivity index (χ0v) is 15.0. The minimum atomic E-state index is -1.04. The number of benzene rings is 2. The third kappa shape index (κ3) is 5.57. The largest absolute Gasteiger partial charge is 0.497 e. The van der Waals surface area contributed by atoms with E-state index in [0.717, 1.165) is 16.9 Å². The van der Waals surface area contributed by atoms with Crippen molar-refractivity contribution in [3.63, 3.8) is 0 Å². The van der Waals surface area contributed by atoms with Crippen molar-refractivity contribution < 1.29 is 19.5 Å². The Labute approximate surface area is 157 Å². The molecular weight excluding hydrogens is 346 g/mol. The van der Waals surface area contributed by atoms with Crippen molar-refractivity contribution >= 4 is 11.8 Å². The zero-order valence-electron chi connectivity index (χ0n) is 15.0. The van der Waals surface area contributed by atoms with Gasteiger partial charge in [-0.15, -0.1) is 0 Å². The predicted molar refractivity (Wildman–Crippen MR) is 100 cm³/mol. The summed E-state index contributed by atoms with van der Waals surface area (Å²) in [6.07, 6.45) is 0. The fraction of sp³-hybridized carbons (Fsp3) is 0.200. The van der Waals surface area contributed by atoms with E-state index in [1.54, 1.807) is 38.3 Å².